The summed E-state index contributed by atoms with van der Waals surface area (Å²) in [5.41, 5.74) is 1.59. The smallest absolute Gasteiger partial charge is 0.243 e. The number of fused-ring (bicyclic) bond motifs is 1. The van der Waals surface area contributed by atoms with Crippen LogP contribution >= 0.6 is 0 Å². The zero-order chi connectivity index (χ0) is 25.8. The first kappa shape index (κ1) is 24.6. The average Bonchev–Trinajstić information content (AvgIpc) is 2.87. The zero-order valence-electron chi connectivity index (χ0n) is 21.4. The van der Waals surface area contributed by atoms with Gasteiger partial charge in [-0.3, -0.25) is 4.79 Å². The number of amides is 1. The molecule has 9 nitrogen and oxygen atoms in total. The van der Waals surface area contributed by atoms with Gasteiger partial charge in [0.05, 0.1) is 31.4 Å². The second kappa shape index (κ2) is 9.23. The number of aromatic nitrogens is 2. The molecule has 1 aromatic heterocycles. The molecule has 2 heterocycles. The average molecular weight is 527 g/mol. The van der Waals surface area contributed by atoms with E-state index >= 15 is 0 Å². The van der Waals surface area contributed by atoms with Gasteiger partial charge in [0.15, 0.2) is 11.5 Å². The molecule has 10 heteroatoms. The van der Waals surface area contributed by atoms with Crippen molar-refractivity contribution in [1.82, 2.24) is 14.3 Å². The Hall–Kier alpha value is -2.72. The van der Waals surface area contributed by atoms with Crippen molar-refractivity contribution in [1.29, 1.82) is 0 Å². The van der Waals surface area contributed by atoms with Gasteiger partial charge in [-0.1, -0.05) is 0 Å². The van der Waals surface area contributed by atoms with Crippen LogP contribution in [0.2, 0.25) is 0 Å². The molecule has 1 aromatic carbocycles. The van der Waals surface area contributed by atoms with E-state index in [1.807, 2.05) is 0 Å². The molecule has 37 heavy (non-hydrogen) atoms. The van der Waals surface area contributed by atoms with Crippen LogP contribution in [0.25, 0.3) is 0 Å². The number of rotatable bonds is 7. The summed E-state index contributed by atoms with van der Waals surface area (Å²) in [6.07, 6.45) is 9.97. The van der Waals surface area contributed by atoms with Crippen LogP contribution in [0.4, 0.5) is 5.82 Å². The van der Waals surface area contributed by atoms with Crippen molar-refractivity contribution in [3.63, 3.8) is 0 Å². The molecule has 0 spiro atoms. The molecule has 7 rings (SSSR count). The Morgan fingerprint density at radius 2 is 1.73 bits per heavy atom. The number of ether oxygens (including phenoxy) is 2. The highest BCUT2D eigenvalue weighted by Gasteiger charge is 2.51. The Labute approximate surface area is 218 Å². The molecular formula is C27H34N4O5S. The van der Waals surface area contributed by atoms with E-state index in [9.17, 15) is 13.2 Å². The standard InChI is InChI=1S/C27H34N4O5S/c1-35-23-4-3-20(10-24(23)36-2)37(33,34)31-6-5-21-22(15-31)28-16-29-26(21)30-25(32)14-27-11-17-7-18(12-27)9-19(8-17)13-27/h3-4,10,16-19H,5-9,11-15H2,1-2H3,(H,28,29,30,32). The Morgan fingerprint density at radius 1 is 1.05 bits per heavy atom. The minimum Gasteiger partial charge on any atom is -0.493 e. The van der Waals surface area contributed by atoms with E-state index in [2.05, 4.69) is 15.3 Å². The van der Waals surface area contributed by atoms with E-state index in [0.29, 0.717) is 35.9 Å². The summed E-state index contributed by atoms with van der Waals surface area (Å²) in [7, 11) is -0.799. The third-order valence-corrected chi connectivity index (χ3v) is 10.8. The molecule has 1 amide bonds. The molecule has 4 bridgehead atoms. The lowest BCUT2D eigenvalue weighted by Crippen LogP contribution is -2.47. The van der Waals surface area contributed by atoms with Gasteiger partial charge in [0, 0.05) is 24.6 Å². The second-order valence-corrected chi connectivity index (χ2v) is 13.3. The van der Waals surface area contributed by atoms with Gasteiger partial charge in [-0.15, -0.1) is 0 Å². The number of benzene rings is 1. The summed E-state index contributed by atoms with van der Waals surface area (Å²) in [6, 6.07) is 4.57. The summed E-state index contributed by atoms with van der Waals surface area (Å²) in [5.74, 6) is 3.74. The first-order chi connectivity index (χ1) is 17.8. The lowest BCUT2D eigenvalue weighted by atomic mass is 9.49. The second-order valence-electron chi connectivity index (χ2n) is 11.4. The number of hydrogen-bond acceptors (Lipinski definition) is 7. The van der Waals surface area contributed by atoms with E-state index in [4.69, 9.17) is 9.47 Å². The molecule has 0 radical (unpaired) electrons. The van der Waals surface area contributed by atoms with Gasteiger partial charge in [0.2, 0.25) is 15.9 Å². The first-order valence-corrected chi connectivity index (χ1v) is 14.6. The molecule has 198 valence electrons. The normalized spacial score (nSPS) is 28.5. The van der Waals surface area contributed by atoms with Gasteiger partial charge in [-0.05, 0) is 80.2 Å². The van der Waals surface area contributed by atoms with E-state index in [1.165, 1.54) is 75.5 Å². The molecule has 5 aliphatic rings. The van der Waals surface area contributed by atoms with Gasteiger partial charge in [-0.2, -0.15) is 4.31 Å². The van der Waals surface area contributed by atoms with Crippen LogP contribution in [0, 0.1) is 23.2 Å². The number of hydrogen-bond donors (Lipinski definition) is 1. The largest absolute Gasteiger partial charge is 0.493 e. The lowest BCUT2D eigenvalue weighted by Gasteiger charge is -2.56. The molecule has 0 unspecified atom stereocenters. The minimum atomic E-state index is -3.78. The van der Waals surface area contributed by atoms with E-state index in [1.54, 1.807) is 6.07 Å². The maximum atomic E-state index is 13.4. The third kappa shape index (κ3) is 4.48. The predicted molar refractivity (Wildman–Crippen MR) is 137 cm³/mol. The Balaban J connectivity index is 1.17. The predicted octanol–water partition coefficient (Wildman–Crippen LogP) is 3.79. The summed E-state index contributed by atoms with van der Waals surface area (Å²) >= 11 is 0. The van der Waals surface area contributed by atoms with Crippen molar-refractivity contribution in [2.45, 2.75) is 62.8 Å². The van der Waals surface area contributed by atoms with E-state index in [0.717, 1.165) is 23.3 Å². The first-order valence-electron chi connectivity index (χ1n) is 13.1. The maximum Gasteiger partial charge on any atom is 0.243 e. The van der Waals surface area contributed by atoms with Gasteiger partial charge in [0.1, 0.15) is 12.1 Å². The van der Waals surface area contributed by atoms with Crippen molar-refractivity contribution in [2.75, 3.05) is 26.1 Å². The summed E-state index contributed by atoms with van der Waals surface area (Å²) < 4.78 is 38.7. The molecule has 4 aliphatic carbocycles. The highest BCUT2D eigenvalue weighted by atomic mass is 32.2. The highest BCUT2D eigenvalue weighted by Crippen LogP contribution is 2.61. The number of anilines is 1. The summed E-state index contributed by atoms with van der Waals surface area (Å²) in [4.78, 5) is 22.1. The number of carbonyl (C=O) groups is 1. The zero-order valence-corrected chi connectivity index (χ0v) is 22.2. The molecule has 0 atom stereocenters. The number of nitrogens with zero attached hydrogens (tertiary/aromatic N) is 3. The van der Waals surface area contributed by atoms with Crippen LogP contribution in [0.3, 0.4) is 0 Å². The summed E-state index contributed by atoms with van der Waals surface area (Å²) in [5, 5.41) is 3.07. The minimum absolute atomic E-state index is 0.0169. The van der Waals surface area contributed by atoms with Gasteiger partial charge >= 0.3 is 0 Å². The Bertz CT molecular complexity index is 1290. The van der Waals surface area contributed by atoms with Gasteiger partial charge in [-0.25, -0.2) is 18.4 Å². The molecule has 1 aliphatic heterocycles. The Kier molecular flexibility index (Phi) is 6.14. The van der Waals surface area contributed by atoms with Crippen LogP contribution < -0.4 is 14.8 Å². The topological polar surface area (TPSA) is 111 Å². The third-order valence-electron chi connectivity index (χ3n) is 8.92. The van der Waals surface area contributed by atoms with Crippen LogP contribution in [-0.2, 0) is 27.8 Å². The molecular weight excluding hydrogens is 492 g/mol. The van der Waals surface area contributed by atoms with Crippen LogP contribution in [0.15, 0.2) is 29.4 Å². The lowest BCUT2D eigenvalue weighted by molar-refractivity contribution is -0.124. The van der Waals surface area contributed by atoms with Crippen molar-refractivity contribution in [2.24, 2.45) is 23.2 Å². The van der Waals surface area contributed by atoms with Crippen molar-refractivity contribution >= 4 is 21.7 Å². The van der Waals surface area contributed by atoms with E-state index in [-0.39, 0.29) is 29.3 Å². The van der Waals surface area contributed by atoms with Crippen molar-refractivity contribution < 1.29 is 22.7 Å². The van der Waals surface area contributed by atoms with Crippen molar-refractivity contribution in [3.8, 4) is 11.5 Å². The highest BCUT2D eigenvalue weighted by molar-refractivity contribution is 7.89. The monoisotopic (exact) mass is 526 g/mol. The van der Waals surface area contributed by atoms with Crippen LogP contribution in [0.5, 0.6) is 11.5 Å². The fraction of sp³-hybridized carbons (Fsp3) is 0.593. The fourth-order valence-corrected chi connectivity index (χ4v) is 9.21. The molecule has 4 saturated carbocycles. The molecule has 1 N–H and O–H groups in total. The molecule has 0 saturated heterocycles. The van der Waals surface area contributed by atoms with Crippen LogP contribution in [-0.4, -0.2) is 49.4 Å². The molecule has 2 aromatic rings. The maximum absolute atomic E-state index is 13.4. The number of sulfonamides is 1. The summed E-state index contributed by atoms with van der Waals surface area (Å²) in [6.45, 7) is 0.390. The number of methoxy groups -OCH3 is 2. The van der Waals surface area contributed by atoms with E-state index < -0.39 is 10.0 Å². The SMILES string of the molecule is COc1ccc(S(=O)(=O)N2CCc3c(ncnc3NC(=O)CC34CC5CC(CC(C5)C3)C4)C2)cc1OC. The van der Waals surface area contributed by atoms with Crippen LogP contribution in [0.1, 0.15) is 56.2 Å². The molecule has 4 fully saturated rings. The quantitative estimate of drug-likeness (QED) is 0.584. The number of carbonyl (C=O) groups excluding carboxylic acids is 1. The fourth-order valence-electron chi connectivity index (χ4n) is 7.79. The van der Waals surface area contributed by atoms with Gasteiger partial charge < -0.3 is 14.8 Å². The van der Waals surface area contributed by atoms with Crippen molar-refractivity contribution in [3.05, 3.63) is 35.8 Å². The number of nitrogens with one attached hydrogen (secondary N) is 1. The Morgan fingerprint density at radius 3 is 2.38 bits per heavy atom. The van der Waals surface area contributed by atoms with Gasteiger partial charge in [0.25, 0.3) is 0 Å².